The first-order valence-corrected chi connectivity index (χ1v) is 6.05. The molecule has 3 heteroatoms. The molecule has 0 fully saturated rings. The highest BCUT2D eigenvalue weighted by Gasteiger charge is 2.10. The molecule has 0 aliphatic heterocycles. The molecule has 3 nitrogen and oxygen atoms in total. The molecule has 0 amide bonds. The summed E-state index contributed by atoms with van der Waals surface area (Å²) in [6, 6.07) is 7.50. The van der Waals surface area contributed by atoms with Gasteiger partial charge in [-0.05, 0) is 45.4 Å². The van der Waals surface area contributed by atoms with E-state index in [1.807, 2.05) is 52.0 Å². The van der Waals surface area contributed by atoms with Crippen LogP contribution >= 0.6 is 0 Å². The van der Waals surface area contributed by atoms with Crippen molar-refractivity contribution in [2.75, 3.05) is 6.61 Å². The van der Waals surface area contributed by atoms with Crippen LogP contribution in [0.15, 0.2) is 24.3 Å². The highest BCUT2D eigenvalue weighted by Crippen LogP contribution is 2.20. The summed E-state index contributed by atoms with van der Waals surface area (Å²) in [6.07, 6.45) is -0.345. The van der Waals surface area contributed by atoms with Gasteiger partial charge in [-0.2, -0.15) is 0 Å². The Morgan fingerprint density at radius 1 is 1.12 bits per heavy atom. The summed E-state index contributed by atoms with van der Waals surface area (Å²) in [5.41, 5.74) is 0.823. The van der Waals surface area contributed by atoms with E-state index in [0.29, 0.717) is 6.61 Å². The first-order chi connectivity index (χ1) is 7.99. The van der Waals surface area contributed by atoms with Crippen LogP contribution in [0.25, 0.3) is 0 Å². The molecule has 0 saturated carbocycles. The second-order valence-corrected chi connectivity index (χ2v) is 4.64. The first kappa shape index (κ1) is 14.0. The number of benzene rings is 1. The second-order valence-electron chi connectivity index (χ2n) is 4.64. The lowest BCUT2D eigenvalue weighted by molar-refractivity contribution is 0.00483. The van der Waals surface area contributed by atoms with Crippen molar-refractivity contribution < 1.29 is 14.6 Å². The molecule has 0 radical (unpaired) electrons. The van der Waals surface area contributed by atoms with Gasteiger partial charge in [-0.15, -0.1) is 0 Å². The minimum absolute atomic E-state index is 0.125. The van der Waals surface area contributed by atoms with Gasteiger partial charge in [-0.25, -0.2) is 0 Å². The predicted molar refractivity (Wildman–Crippen MR) is 68.3 cm³/mol. The van der Waals surface area contributed by atoms with Gasteiger partial charge in [-0.3, -0.25) is 0 Å². The quantitative estimate of drug-likeness (QED) is 0.828. The Kier molecular flexibility index (Phi) is 5.45. The normalized spacial score (nSPS) is 13.1. The van der Waals surface area contributed by atoms with Crippen molar-refractivity contribution in [3.05, 3.63) is 29.8 Å². The van der Waals surface area contributed by atoms with Crippen molar-refractivity contribution in [3.63, 3.8) is 0 Å². The van der Waals surface area contributed by atoms with Gasteiger partial charge in [0.2, 0.25) is 0 Å². The van der Waals surface area contributed by atoms with E-state index < -0.39 is 6.10 Å². The molecule has 0 spiro atoms. The molecular weight excluding hydrogens is 216 g/mol. The van der Waals surface area contributed by atoms with Gasteiger partial charge >= 0.3 is 0 Å². The van der Waals surface area contributed by atoms with Gasteiger partial charge in [0.25, 0.3) is 0 Å². The Hall–Kier alpha value is -1.06. The molecule has 1 unspecified atom stereocenters. The van der Waals surface area contributed by atoms with Crippen LogP contribution in [-0.2, 0) is 4.74 Å². The highest BCUT2D eigenvalue weighted by molar-refractivity contribution is 5.30. The van der Waals surface area contributed by atoms with Crippen LogP contribution in [0.1, 0.15) is 39.4 Å². The largest absolute Gasteiger partial charge is 0.491 e. The summed E-state index contributed by atoms with van der Waals surface area (Å²) < 4.78 is 11.0. The van der Waals surface area contributed by atoms with Gasteiger partial charge in [0.1, 0.15) is 11.9 Å². The Morgan fingerprint density at radius 3 is 2.41 bits per heavy atom. The average molecular weight is 238 g/mol. The zero-order valence-electron chi connectivity index (χ0n) is 11.0. The maximum Gasteiger partial charge on any atom is 0.120 e. The Bertz CT molecular complexity index is 334. The third kappa shape index (κ3) is 5.20. The number of hydrogen-bond acceptors (Lipinski definition) is 3. The summed E-state index contributed by atoms with van der Waals surface area (Å²) in [7, 11) is 0. The number of ether oxygens (including phenoxy) is 2. The molecule has 1 N–H and O–H groups in total. The Morgan fingerprint density at radius 2 is 1.82 bits per heavy atom. The van der Waals surface area contributed by atoms with E-state index in [-0.39, 0.29) is 12.2 Å². The molecule has 96 valence electrons. The van der Waals surface area contributed by atoms with Gasteiger partial charge in [0.05, 0.1) is 18.8 Å². The molecular formula is C14H22O3. The standard InChI is InChI=1S/C14H22O3/c1-10(2)16-9-14(15)12-6-5-7-13(8-12)17-11(3)4/h5-8,10-11,14-15H,9H2,1-4H3. The van der Waals surface area contributed by atoms with E-state index in [9.17, 15) is 5.11 Å². The van der Waals surface area contributed by atoms with E-state index in [2.05, 4.69) is 0 Å². The van der Waals surface area contributed by atoms with Crippen molar-refractivity contribution in [2.24, 2.45) is 0 Å². The summed E-state index contributed by atoms with van der Waals surface area (Å²) >= 11 is 0. The van der Waals surface area contributed by atoms with E-state index >= 15 is 0 Å². The number of aliphatic hydroxyl groups excluding tert-OH is 1. The maximum atomic E-state index is 9.95. The summed E-state index contributed by atoms with van der Waals surface area (Å²) in [5.74, 6) is 0.779. The zero-order chi connectivity index (χ0) is 12.8. The SMILES string of the molecule is CC(C)OCC(O)c1cccc(OC(C)C)c1. The fraction of sp³-hybridized carbons (Fsp3) is 0.571. The molecule has 0 aliphatic carbocycles. The molecule has 17 heavy (non-hydrogen) atoms. The third-order valence-electron chi connectivity index (χ3n) is 2.20. The van der Waals surface area contributed by atoms with Crippen LogP contribution < -0.4 is 4.74 Å². The molecule has 1 aromatic rings. The van der Waals surface area contributed by atoms with E-state index in [1.54, 1.807) is 0 Å². The summed E-state index contributed by atoms with van der Waals surface area (Å²) in [6.45, 7) is 8.16. The molecule has 1 atom stereocenters. The fourth-order valence-electron chi connectivity index (χ4n) is 1.45. The van der Waals surface area contributed by atoms with Crippen molar-refractivity contribution >= 4 is 0 Å². The van der Waals surface area contributed by atoms with Crippen LogP contribution in [0.3, 0.4) is 0 Å². The van der Waals surface area contributed by atoms with Crippen molar-refractivity contribution in [1.29, 1.82) is 0 Å². The monoisotopic (exact) mass is 238 g/mol. The summed E-state index contributed by atoms with van der Waals surface area (Å²) in [4.78, 5) is 0. The van der Waals surface area contributed by atoms with Crippen molar-refractivity contribution in [1.82, 2.24) is 0 Å². The minimum Gasteiger partial charge on any atom is -0.491 e. The fourth-order valence-corrected chi connectivity index (χ4v) is 1.45. The molecule has 0 aliphatic rings. The molecule has 0 saturated heterocycles. The van der Waals surface area contributed by atoms with Gasteiger partial charge < -0.3 is 14.6 Å². The van der Waals surface area contributed by atoms with E-state index in [4.69, 9.17) is 9.47 Å². The van der Waals surface area contributed by atoms with Gasteiger partial charge in [-0.1, -0.05) is 12.1 Å². The predicted octanol–water partition coefficient (Wildman–Crippen LogP) is 2.93. The number of rotatable bonds is 6. The van der Waals surface area contributed by atoms with Crippen LogP contribution in [-0.4, -0.2) is 23.9 Å². The van der Waals surface area contributed by atoms with Crippen LogP contribution in [0.5, 0.6) is 5.75 Å². The van der Waals surface area contributed by atoms with Crippen LogP contribution in [0, 0.1) is 0 Å². The van der Waals surface area contributed by atoms with Gasteiger partial charge in [0.15, 0.2) is 0 Å². The number of aliphatic hydroxyl groups is 1. The highest BCUT2D eigenvalue weighted by atomic mass is 16.5. The molecule has 1 rings (SSSR count). The Labute approximate surface area is 103 Å². The van der Waals surface area contributed by atoms with E-state index in [0.717, 1.165) is 11.3 Å². The number of hydrogen-bond donors (Lipinski definition) is 1. The lowest BCUT2D eigenvalue weighted by Gasteiger charge is -2.15. The lowest BCUT2D eigenvalue weighted by Crippen LogP contribution is -2.12. The zero-order valence-corrected chi connectivity index (χ0v) is 11.0. The molecule has 0 aromatic heterocycles. The Balaban J connectivity index is 2.63. The third-order valence-corrected chi connectivity index (χ3v) is 2.20. The average Bonchev–Trinajstić information content (AvgIpc) is 2.25. The second kappa shape index (κ2) is 6.62. The van der Waals surface area contributed by atoms with Gasteiger partial charge in [0, 0.05) is 0 Å². The smallest absolute Gasteiger partial charge is 0.120 e. The molecule has 0 bridgehead atoms. The summed E-state index contributed by atoms with van der Waals surface area (Å²) in [5, 5.41) is 9.95. The van der Waals surface area contributed by atoms with Crippen molar-refractivity contribution in [3.8, 4) is 5.75 Å². The van der Waals surface area contributed by atoms with Crippen LogP contribution in [0.2, 0.25) is 0 Å². The van der Waals surface area contributed by atoms with Crippen molar-refractivity contribution in [2.45, 2.75) is 46.0 Å². The van der Waals surface area contributed by atoms with Crippen LogP contribution in [0.4, 0.5) is 0 Å². The minimum atomic E-state index is -0.604. The molecule has 1 aromatic carbocycles. The molecule has 0 heterocycles. The van der Waals surface area contributed by atoms with E-state index in [1.165, 1.54) is 0 Å². The topological polar surface area (TPSA) is 38.7 Å². The lowest BCUT2D eigenvalue weighted by atomic mass is 10.1. The maximum absolute atomic E-state index is 9.95. The first-order valence-electron chi connectivity index (χ1n) is 6.05.